The lowest BCUT2D eigenvalue weighted by molar-refractivity contribution is 0.557. The first-order valence-electron chi connectivity index (χ1n) is 6.21. The van der Waals surface area contributed by atoms with Gasteiger partial charge in [-0.2, -0.15) is 11.8 Å². The van der Waals surface area contributed by atoms with E-state index < -0.39 is 10.0 Å². The Labute approximate surface area is 119 Å². The highest BCUT2D eigenvalue weighted by atomic mass is 32.2. The molecule has 0 aliphatic rings. The summed E-state index contributed by atoms with van der Waals surface area (Å²) in [6.45, 7) is 4.40. The van der Waals surface area contributed by atoms with Gasteiger partial charge in [0.15, 0.2) is 0 Å². The van der Waals surface area contributed by atoms with E-state index in [1.807, 2.05) is 20.1 Å². The summed E-state index contributed by atoms with van der Waals surface area (Å²) < 4.78 is 27.3. The lowest BCUT2D eigenvalue weighted by Crippen LogP contribution is -2.33. The largest absolute Gasteiger partial charge is 0.369 e. The Hall–Kier alpha value is -0.790. The van der Waals surface area contributed by atoms with E-state index in [9.17, 15) is 8.42 Å². The van der Waals surface area contributed by atoms with Gasteiger partial charge >= 0.3 is 0 Å². The Morgan fingerprint density at radius 3 is 2.84 bits per heavy atom. The average Bonchev–Trinajstić information content (AvgIpc) is 2.37. The van der Waals surface area contributed by atoms with Crippen molar-refractivity contribution in [1.29, 1.82) is 0 Å². The zero-order valence-corrected chi connectivity index (χ0v) is 13.1. The molecule has 0 fully saturated rings. The number of sulfonamides is 1. The first-order valence-corrected chi connectivity index (χ1v) is 9.09. The second-order valence-electron chi connectivity index (χ2n) is 4.18. The predicted octanol–water partition coefficient (Wildman–Crippen LogP) is 1.93. The fourth-order valence-electron chi connectivity index (χ4n) is 1.59. The monoisotopic (exact) mass is 303 g/mol. The maximum absolute atomic E-state index is 12.3. The van der Waals surface area contributed by atoms with Crippen molar-refractivity contribution in [3.05, 3.63) is 18.3 Å². The summed E-state index contributed by atoms with van der Waals surface area (Å²) in [4.78, 5) is 4.27. The summed E-state index contributed by atoms with van der Waals surface area (Å²) in [5.41, 5.74) is 0. The maximum atomic E-state index is 12.3. The van der Waals surface area contributed by atoms with E-state index in [4.69, 9.17) is 0 Å². The first-order chi connectivity index (χ1) is 9.01. The molecule has 0 aliphatic heterocycles. The number of pyridine rings is 1. The number of nitrogens with one attached hydrogen (secondary N) is 2. The molecule has 0 aliphatic carbocycles. The number of thioether (sulfide) groups is 1. The number of rotatable bonds is 8. The molecule has 108 valence electrons. The van der Waals surface area contributed by atoms with Gasteiger partial charge in [0, 0.05) is 18.8 Å². The third-order valence-electron chi connectivity index (χ3n) is 2.52. The molecular weight excluding hydrogens is 282 g/mol. The third kappa shape index (κ3) is 5.00. The van der Waals surface area contributed by atoms with E-state index in [1.165, 1.54) is 0 Å². The molecule has 1 rings (SSSR count). The highest BCUT2D eigenvalue weighted by molar-refractivity contribution is 7.98. The van der Waals surface area contributed by atoms with Gasteiger partial charge in [-0.05, 0) is 44.4 Å². The van der Waals surface area contributed by atoms with Crippen LogP contribution in [-0.2, 0) is 10.0 Å². The van der Waals surface area contributed by atoms with Crippen LogP contribution in [0.3, 0.4) is 0 Å². The quantitative estimate of drug-likeness (QED) is 0.768. The van der Waals surface area contributed by atoms with Crippen molar-refractivity contribution in [2.45, 2.75) is 31.2 Å². The topological polar surface area (TPSA) is 71.1 Å². The van der Waals surface area contributed by atoms with Gasteiger partial charge in [-0.25, -0.2) is 18.1 Å². The number of anilines is 1. The molecule has 0 spiro atoms. The highest BCUT2D eigenvalue weighted by Gasteiger charge is 2.21. The molecule has 1 aromatic heterocycles. The Bertz CT molecular complexity index is 492. The van der Waals surface area contributed by atoms with Crippen LogP contribution in [0.5, 0.6) is 0 Å². The molecule has 1 atom stereocenters. The summed E-state index contributed by atoms with van der Waals surface area (Å²) in [6, 6.07) is 3.10. The van der Waals surface area contributed by atoms with Crippen LogP contribution in [0.15, 0.2) is 23.2 Å². The molecule has 1 heterocycles. The van der Waals surface area contributed by atoms with Gasteiger partial charge in [0.05, 0.1) is 0 Å². The summed E-state index contributed by atoms with van der Waals surface area (Å²) in [7, 11) is -3.53. The number of aromatic nitrogens is 1. The minimum atomic E-state index is -3.53. The normalized spacial score (nSPS) is 13.2. The summed E-state index contributed by atoms with van der Waals surface area (Å²) in [6.07, 6.45) is 4.39. The van der Waals surface area contributed by atoms with Crippen molar-refractivity contribution in [1.82, 2.24) is 9.71 Å². The van der Waals surface area contributed by atoms with E-state index in [1.54, 1.807) is 30.1 Å². The van der Waals surface area contributed by atoms with Crippen molar-refractivity contribution >= 4 is 27.6 Å². The molecule has 7 heteroatoms. The van der Waals surface area contributed by atoms with Crippen LogP contribution in [0.1, 0.15) is 20.3 Å². The minimum absolute atomic E-state index is 0.0906. The van der Waals surface area contributed by atoms with E-state index in [0.29, 0.717) is 12.4 Å². The fraction of sp³-hybridized carbons (Fsp3) is 0.583. The second kappa shape index (κ2) is 7.72. The zero-order valence-electron chi connectivity index (χ0n) is 11.5. The van der Waals surface area contributed by atoms with E-state index >= 15 is 0 Å². The van der Waals surface area contributed by atoms with Crippen LogP contribution in [0.2, 0.25) is 0 Å². The van der Waals surface area contributed by atoms with Crippen molar-refractivity contribution < 1.29 is 8.42 Å². The number of nitrogens with zero attached hydrogens (tertiary/aromatic N) is 1. The molecule has 19 heavy (non-hydrogen) atoms. The predicted molar refractivity (Wildman–Crippen MR) is 81.2 cm³/mol. The third-order valence-corrected chi connectivity index (χ3v) is 4.78. The zero-order chi connectivity index (χ0) is 14.3. The Morgan fingerprint density at radius 2 is 2.21 bits per heavy atom. The fourth-order valence-corrected chi connectivity index (χ4v) is 3.59. The molecule has 0 saturated heterocycles. The van der Waals surface area contributed by atoms with Crippen molar-refractivity contribution in [2.24, 2.45) is 0 Å². The van der Waals surface area contributed by atoms with Crippen LogP contribution in [0, 0.1) is 0 Å². The van der Waals surface area contributed by atoms with Crippen LogP contribution >= 0.6 is 11.8 Å². The van der Waals surface area contributed by atoms with Gasteiger partial charge in [-0.1, -0.05) is 0 Å². The Morgan fingerprint density at radius 1 is 1.47 bits per heavy atom. The minimum Gasteiger partial charge on any atom is -0.369 e. The van der Waals surface area contributed by atoms with E-state index in [-0.39, 0.29) is 10.9 Å². The van der Waals surface area contributed by atoms with Gasteiger partial charge in [-0.15, -0.1) is 0 Å². The summed E-state index contributed by atoms with van der Waals surface area (Å²) in [5, 5.41) is 2.96. The van der Waals surface area contributed by atoms with Crippen LogP contribution < -0.4 is 10.0 Å². The molecule has 0 bridgehead atoms. The van der Waals surface area contributed by atoms with Gasteiger partial charge in [-0.3, -0.25) is 0 Å². The van der Waals surface area contributed by atoms with Crippen molar-refractivity contribution in [3.63, 3.8) is 0 Å². The number of hydrogen-bond donors (Lipinski definition) is 2. The molecule has 0 saturated carbocycles. The molecule has 2 N–H and O–H groups in total. The Kier molecular flexibility index (Phi) is 6.60. The number of hydrogen-bond acceptors (Lipinski definition) is 5. The van der Waals surface area contributed by atoms with Crippen molar-refractivity contribution in [3.8, 4) is 0 Å². The van der Waals surface area contributed by atoms with Gasteiger partial charge < -0.3 is 5.32 Å². The van der Waals surface area contributed by atoms with Gasteiger partial charge in [0.2, 0.25) is 10.0 Å². The van der Waals surface area contributed by atoms with E-state index in [0.717, 1.165) is 12.2 Å². The maximum Gasteiger partial charge on any atom is 0.244 e. The molecule has 1 aromatic rings. The highest BCUT2D eigenvalue weighted by Crippen LogP contribution is 2.18. The van der Waals surface area contributed by atoms with Crippen LogP contribution in [0.4, 0.5) is 5.82 Å². The van der Waals surface area contributed by atoms with Crippen LogP contribution in [-0.4, -0.2) is 38.0 Å². The average molecular weight is 303 g/mol. The first kappa shape index (κ1) is 16.3. The smallest absolute Gasteiger partial charge is 0.244 e. The summed E-state index contributed by atoms with van der Waals surface area (Å²) in [5.74, 6) is 1.33. The molecule has 1 unspecified atom stereocenters. The van der Waals surface area contributed by atoms with Gasteiger partial charge in [0.1, 0.15) is 10.7 Å². The van der Waals surface area contributed by atoms with Crippen LogP contribution in [0.25, 0.3) is 0 Å². The molecule has 0 radical (unpaired) electrons. The molecule has 5 nitrogen and oxygen atoms in total. The standard InChI is InChI=1S/C12H21N3O2S2/c1-4-13-12-11(6-5-8-14-12)19(16,17)15-10(2)7-9-18-3/h5-6,8,10,15H,4,7,9H2,1-3H3,(H,13,14). The molecule has 0 amide bonds. The molecular formula is C12H21N3O2S2. The SMILES string of the molecule is CCNc1ncccc1S(=O)(=O)NC(C)CCSC. The molecule has 0 aromatic carbocycles. The van der Waals surface area contributed by atoms with Crippen molar-refractivity contribution in [2.75, 3.05) is 23.9 Å². The lowest BCUT2D eigenvalue weighted by Gasteiger charge is -2.15. The lowest BCUT2D eigenvalue weighted by atomic mass is 10.3. The second-order valence-corrected chi connectivity index (χ2v) is 6.85. The Balaban J connectivity index is 2.88. The van der Waals surface area contributed by atoms with E-state index in [2.05, 4.69) is 15.0 Å². The summed E-state index contributed by atoms with van der Waals surface area (Å²) >= 11 is 1.70. The van der Waals surface area contributed by atoms with Gasteiger partial charge in [0.25, 0.3) is 0 Å².